The van der Waals surface area contributed by atoms with Crippen LogP contribution in [0.5, 0.6) is 0 Å². The molecule has 74 heavy (non-hydrogen) atoms. The average molecular weight is 1080 g/mol. The van der Waals surface area contributed by atoms with Crippen LogP contribution in [0.4, 0.5) is 0 Å². The van der Waals surface area contributed by atoms with Gasteiger partial charge in [0.2, 0.25) is 0 Å². The zero-order valence-electron chi connectivity index (χ0n) is 46.4. The molecule has 0 bridgehead atoms. The fourth-order valence-corrected chi connectivity index (χ4v) is 6.21. The quantitative estimate of drug-likeness (QED) is 0.0826. The van der Waals surface area contributed by atoms with Crippen LogP contribution in [0.15, 0.2) is 0 Å². The van der Waals surface area contributed by atoms with Crippen LogP contribution in [0.3, 0.4) is 0 Å². The molecule has 446 valence electrons. The van der Waals surface area contributed by atoms with Crippen molar-refractivity contribution >= 4 is 0 Å². The minimum atomic E-state index is 0.0202. The number of unbranched alkanes of at least 4 members (excludes halogenated alkanes) is 10. The molecule has 0 radical (unpaired) electrons. The van der Waals surface area contributed by atoms with Crippen LogP contribution in [-0.4, -0.2) is 276 Å². The van der Waals surface area contributed by atoms with Crippen molar-refractivity contribution in [3.8, 4) is 0 Å². The lowest BCUT2D eigenvalue weighted by atomic mass is 10.1. The third-order valence-corrected chi connectivity index (χ3v) is 10.2. The predicted octanol–water partition coefficient (Wildman–Crippen LogP) is 4.62. The molecule has 21 nitrogen and oxygen atoms in total. The van der Waals surface area contributed by atoms with E-state index in [0.29, 0.717) is 258 Å². The van der Waals surface area contributed by atoms with Crippen molar-refractivity contribution in [1.29, 1.82) is 0 Å². The molecule has 0 aromatic rings. The van der Waals surface area contributed by atoms with Gasteiger partial charge in [0.05, 0.1) is 264 Å². The Kier molecular flexibility index (Phi) is 71.3. The lowest BCUT2D eigenvalue weighted by molar-refractivity contribution is -0.0315. The minimum Gasteiger partial charge on any atom is -0.394 e. The Labute approximate surface area is 447 Å². The third kappa shape index (κ3) is 71.2. The van der Waals surface area contributed by atoms with Gasteiger partial charge in [0.25, 0.3) is 0 Å². The van der Waals surface area contributed by atoms with Gasteiger partial charge in [-0.25, -0.2) is 0 Å². The van der Waals surface area contributed by atoms with E-state index in [1.54, 1.807) is 0 Å². The van der Waals surface area contributed by atoms with Gasteiger partial charge in [0.1, 0.15) is 0 Å². The third-order valence-electron chi connectivity index (χ3n) is 10.2. The van der Waals surface area contributed by atoms with Crippen LogP contribution in [-0.2, 0) is 94.7 Å². The fourth-order valence-electron chi connectivity index (χ4n) is 6.21. The van der Waals surface area contributed by atoms with Crippen LogP contribution < -0.4 is 0 Å². The first-order chi connectivity index (χ1) is 36.9. The molecule has 1 N–H and O–H groups in total. The van der Waals surface area contributed by atoms with Gasteiger partial charge in [-0.2, -0.15) is 0 Å². The van der Waals surface area contributed by atoms with Crippen LogP contribution >= 0.6 is 0 Å². The smallest absolute Gasteiger partial charge is 0.0701 e. The van der Waals surface area contributed by atoms with Gasteiger partial charge in [-0.3, -0.25) is 0 Å². The number of aliphatic hydroxyl groups is 1. The standard InChI is InChI=1S/C53H108O21/c1-2-3-4-5-6-7-8-9-10-11-12-14-55-16-18-57-20-22-59-24-26-61-28-30-63-32-34-65-36-38-67-40-42-69-44-46-71-48-50-73-52-53-74-51-49-72-47-45-70-43-41-68-39-37-66-35-33-64-31-29-62-27-25-60-23-21-58-19-17-56-15-13-54/h54H,2-53H2,1H3. The van der Waals surface area contributed by atoms with Gasteiger partial charge in [0.15, 0.2) is 0 Å². The summed E-state index contributed by atoms with van der Waals surface area (Å²) >= 11 is 0. The van der Waals surface area contributed by atoms with E-state index in [1.807, 2.05) is 0 Å². The summed E-state index contributed by atoms with van der Waals surface area (Å²) in [6.45, 7) is 22.7. The number of aliphatic hydroxyl groups excluding tert-OH is 1. The van der Waals surface area contributed by atoms with E-state index >= 15 is 0 Å². The van der Waals surface area contributed by atoms with E-state index in [0.717, 1.165) is 13.0 Å². The highest BCUT2D eigenvalue weighted by Gasteiger charge is 2.00. The molecule has 0 unspecified atom stereocenters. The highest BCUT2D eigenvalue weighted by molar-refractivity contribution is 4.49. The molecule has 0 aliphatic carbocycles. The Morgan fingerprint density at radius 2 is 0.270 bits per heavy atom. The topological polar surface area (TPSA) is 205 Å². The molecule has 0 atom stereocenters. The summed E-state index contributed by atoms with van der Waals surface area (Å²) < 4.78 is 110. The Bertz CT molecular complexity index is 880. The van der Waals surface area contributed by atoms with E-state index in [9.17, 15) is 0 Å². The lowest BCUT2D eigenvalue weighted by Gasteiger charge is -2.09. The maximum Gasteiger partial charge on any atom is 0.0701 e. The van der Waals surface area contributed by atoms with Crippen LogP contribution in [0.1, 0.15) is 77.6 Å². The van der Waals surface area contributed by atoms with Crippen LogP contribution in [0.25, 0.3) is 0 Å². The van der Waals surface area contributed by atoms with E-state index < -0.39 is 0 Å². The maximum atomic E-state index is 8.61. The van der Waals surface area contributed by atoms with Gasteiger partial charge in [0, 0.05) is 6.61 Å². The molecule has 0 heterocycles. The van der Waals surface area contributed by atoms with Crippen LogP contribution in [0, 0.1) is 0 Å². The highest BCUT2D eigenvalue weighted by Crippen LogP contribution is 2.11. The molecule has 0 aromatic heterocycles. The normalized spacial score (nSPS) is 11.8. The van der Waals surface area contributed by atoms with Crippen molar-refractivity contribution in [2.24, 2.45) is 0 Å². The molecule has 0 amide bonds. The summed E-state index contributed by atoms with van der Waals surface area (Å²) in [6.07, 6.45) is 14.8. The Hall–Kier alpha value is -0.840. The molecular weight excluding hydrogens is 973 g/mol. The molecule has 0 aliphatic rings. The van der Waals surface area contributed by atoms with E-state index in [-0.39, 0.29) is 6.61 Å². The number of hydrogen-bond donors (Lipinski definition) is 1. The van der Waals surface area contributed by atoms with Crippen molar-refractivity contribution < 1.29 is 99.8 Å². The van der Waals surface area contributed by atoms with Crippen molar-refractivity contribution in [3.05, 3.63) is 0 Å². The van der Waals surface area contributed by atoms with E-state index in [1.165, 1.54) is 64.2 Å². The first kappa shape index (κ1) is 73.2. The Morgan fingerprint density at radius 3 is 0.419 bits per heavy atom. The van der Waals surface area contributed by atoms with Gasteiger partial charge in [-0.1, -0.05) is 71.1 Å². The minimum absolute atomic E-state index is 0.0202. The van der Waals surface area contributed by atoms with Gasteiger partial charge in [-0.15, -0.1) is 0 Å². The monoisotopic (exact) mass is 1080 g/mol. The average Bonchev–Trinajstić information content (AvgIpc) is 3.41. The molecular formula is C53H108O21. The van der Waals surface area contributed by atoms with Crippen molar-refractivity contribution in [2.75, 3.05) is 271 Å². The predicted molar refractivity (Wildman–Crippen MR) is 280 cm³/mol. The van der Waals surface area contributed by atoms with E-state index in [4.69, 9.17) is 99.8 Å². The summed E-state index contributed by atoms with van der Waals surface area (Å²) in [4.78, 5) is 0. The molecule has 0 rings (SSSR count). The summed E-state index contributed by atoms with van der Waals surface area (Å²) in [7, 11) is 0. The molecule has 0 saturated heterocycles. The van der Waals surface area contributed by atoms with Crippen molar-refractivity contribution in [1.82, 2.24) is 0 Å². The molecule has 21 heteroatoms. The van der Waals surface area contributed by atoms with Gasteiger partial charge < -0.3 is 99.8 Å². The lowest BCUT2D eigenvalue weighted by Crippen LogP contribution is -2.16. The van der Waals surface area contributed by atoms with Crippen molar-refractivity contribution in [3.63, 3.8) is 0 Å². The first-order valence-electron chi connectivity index (χ1n) is 28.1. The number of ether oxygens (including phenoxy) is 20. The number of hydrogen-bond acceptors (Lipinski definition) is 21. The number of rotatable bonds is 71. The molecule has 0 aliphatic heterocycles. The van der Waals surface area contributed by atoms with Crippen molar-refractivity contribution in [2.45, 2.75) is 77.6 Å². The highest BCUT2D eigenvalue weighted by atomic mass is 16.6. The molecule has 0 saturated carbocycles. The second-order valence-corrected chi connectivity index (χ2v) is 16.5. The maximum absolute atomic E-state index is 8.61. The Morgan fingerprint density at radius 1 is 0.149 bits per heavy atom. The summed E-state index contributed by atoms with van der Waals surface area (Å²) in [5, 5.41) is 8.61. The Balaban J connectivity index is 3.07. The first-order valence-corrected chi connectivity index (χ1v) is 28.1. The van der Waals surface area contributed by atoms with E-state index in [2.05, 4.69) is 6.92 Å². The largest absolute Gasteiger partial charge is 0.394 e. The molecule has 0 aromatic carbocycles. The zero-order chi connectivity index (χ0) is 52.9. The molecule has 0 fully saturated rings. The van der Waals surface area contributed by atoms with Crippen LogP contribution in [0.2, 0.25) is 0 Å². The van der Waals surface area contributed by atoms with Gasteiger partial charge in [-0.05, 0) is 6.42 Å². The fraction of sp³-hybridized carbons (Fsp3) is 1.00. The second-order valence-electron chi connectivity index (χ2n) is 16.5. The molecule has 0 spiro atoms. The zero-order valence-corrected chi connectivity index (χ0v) is 46.4. The summed E-state index contributed by atoms with van der Waals surface area (Å²) in [5.74, 6) is 0. The second kappa shape index (κ2) is 72.2. The summed E-state index contributed by atoms with van der Waals surface area (Å²) in [6, 6.07) is 0. The summed E-state index contributed by atoms with van der Waals surface area (Å²) in [5.41, 5.74) is 0. The van der Waals surface area contributed by atoms with Gasteiger partial charge >= 0.3 is 0 Å². The SMILES string of the molecule is CCCCCCCCCCCCCOCCOCCOCCOCCOCCOCCOCCOCCOCCOCCOCCOCCOCCOCCOCCOCCOCCOCCOCCOCCO.